The molecule has 0 aliphatic carbocycles. The fourth-order valence-electron chi connectivity index (χ4n) is 1.49. The quantitative estimate of drug-likeness (QED) is 0.794. The van der Waals surface area contributed by atoms with Crippen molar-refractivity contribution in [3.63, 3.8) is 0 Å². The number of hydrogen-bond acceptors (Lipinski definition) is 3. The highest BCUT2D eigenvalue weighted by molar-refractivity contribution is 9.11. The average molecular weight is 408 g/mol. The van der Waals surface area contributed by atoms with Crippen molar-refractivity contribution in [1.29, 1.82) is 0 Å². The van der Waals surface area contributed by atoms with Gasteiger partial charge in [-0.1, -0.05) is 20.8 Å². The fraction of sp³-hybridized carbons (Fsp3) is 0.500. The molecule has 0 fully saturated rings. The van der Waals surface area contributed by atoms with E-state index in [1.54, 1.807) is 13.2 Å². The molecule has 0 saturated heterocycles. The van der Waals surface area contributed by atoms with Crippen LogP contribution < -0.4 is 15.8 Å². The van der Waals surface area contributed by atoms with Crippen LogP contribution in [0.2, 0.25) is 0 Å². The van der Waals surface area contributed by atoms with Gasteiger partial charge in [0.1, 0.15) is 5.75 Å². The second-order valence-electron chi connectivity index (χ2n) is 5.69. The molecular weight excluding hydrogens is 388 g/mol. The highest BCUT2D eigenvalue weighted by atomic mass is 79.9. The number of carbonyl (C=O) groups is 1. The topological polar surface area (TPSA) is 64.3 Å². The molecule has 4 nitrogen and oxygen atoms in total. The van der Waals surface area contributed by atoms with Crippen LogP contribution in [0.1, 0.15) is 27.2 Å². The number of carbonyl (C=O) groups excluding carboxylic acids is 1. The third-order valence-electron chi connectivity index (χ3n) is 3.03. The van der Waals surface area contributed by atoms with Gasteiger partial charge in [0.25, 0.3) is 0 Å². The highest BCUT2D eigenvalue weighted by Crippen LogP contribution is 2.34. The summed E-state index contributed by atoms with van der Waals surface area (Å²) in [5.41, 5.74) is 6.58. The molecule has 0 saturated carbocycles. The van der Waals surface area contributed by atoms with Crippen molar-refractivity contribution < 1.29 is 9.53 Å². The summed E-state index contributed by atoms with van der Waals surface area (Å²) < 4.78 is 6.81. The van der Waals surface area contributed by atoms with E-state index in [-0.39, 0.29) is 23.8 Å². The molecule has 0 radical (unpaired) electrons. The van der Waals surface area contributed by atoms with Crippen molar-refractivity contribution in [3.8, 4) is 5.75 Å². The summed E-state index contributed by atoms with van der Waals surface area (Å²) >= 11 is 6.80. The summed E-state index contributed by atoms with van der Waals surface area (Å²) in [5.74, 6) is 0.543. The lowest BCUT2D eigenvalue weighted by Gasteiger charge is -2.26. The number of nitrogens with one attached hydrogen (secondary N) is 1. The number of halogens is 2. The van der Waals surface area contributed by atoms with Gasteiger partial charge in [0.05, 0.1) is 17.3 Å². The largest absolute Gasteiger partial charge is 0.495 e. The van der Waals surface area contributed by atoms with E-state index in [0.717, 1.165) is 8.95 Å². The second-order valence-corrected chi connectivity index (χ2v) is 7.40. The van der Waals surface area contributed by atoms with Crippen molar-refractivity contribution in [2.75, 3.05) is 12.4 Å². The minimum Gasteiger partial charge on any atom is -0.495 e. The Balaban J connectivity index is 2.81. The van der Waals surface area contributed by atoms with E-state index in [4.69, 9.17) is 10.5 Å². The third kappa shape index (κ3) is 4.75. The molecule has 1 unspecified atom stereocenters. The minimum absolute atomic E-state index is 0.105. The summed E-state index contributed by atoms with van der Waals surface area (Å²) in [4.78, 5) is 12.0. The molecule has 0 aliphatic rings. The SMILES string of the molecule is COc1cc(NC(=O)CC(N)C(C)(C)C)c(Br)cc1Br. The Kier molecular flexibility index (Phi) is 6.04. The number of ether oxygens (including phenoxy) is 1. The molecule has 1 rings (SSSR count). The zero-order chi connectivity index (χ0) is 15.5. The molecule has 0 bridgehead atoms. The first-order valence-corrected chi connectivity index (χ1v) is 7.82. The van der Waals surface area contributed by atoms with E-state index in [2.05, 4.69) is 37.2 Å². The van der Waals surface area contributed by atoms with E-state index in [9.17, 15) is 4.79 Å². The maximum atomic E-state index is 12.0. The molecule has 0 heterocycles. The molecule has 6 heteroatoms. The number of rotatable bonds is 4. The summed E-state index contributed by atoms with van der Waals surface area (Å²) in [6, 6.07) is 3.39. The number of amides is 1. The van der Waals surface area contributed by atoms with Gasteiger partial charge in [-0.15, -0.1) is 0 Å². The Morgan fingerprint density at radius 3 is 2.45 bits per heavy atom. The van der Waals surface area contributed by atoms with E-state index in [1.165, 1.54) is 0 Å². The predicted molar refractivity (Wildman–Crippen MR) is 89.1 cm³/mol. The first-order valence-electron chi connectivity index (χ1n) is 6.23. The maximum Gasteiger partial charge on any atom is 0.225 e. The lowest BCUT2D eigenvalue weighted by atomic mass is 9.85. The number of hydrogen-bond donors (Lipinski definition) is 2. The molecule has 0 spiro atoms. The lowest BCUT2D eigenvalue weighted by molar-refractivity contribution is -0.117. The Labute approximate surface area is 136 Å². The van der Waals surface area contributed by atoms with Crippen molar-refractivity contribution in [1.82, 2.24) is 0 Å². The van der Waals surface area contributed by atoms with Gasteiger partial charge >= 0.3 is 0 Å². The van der Waals surface area contributed by atoms with E-state index in [1.807, 2.05) is 26.8 Å². The van der Waals surface area contributed by atoms with Gasteiger partial charge in [0, 0.05) is 23.0 Å². The monoisotopic (exact) mass is 406 g/mol. The van der Waals surface area contributed by atoms with E-state index < -0.39 is 0 Å². The molecule has 112 valence electrons. The van der Waals surface area contributed by atoms with Crippen LogP contribution >= 0.6 is 31.9 Å². The summed E-state index contributed by atoms with van der Waals surface area (Å²) in [6.45, 7) is 6.05. The number of anilines is 1. The van der Waals surface area contributed by atoms with Crippen molar-refractivity contribution >= 4 is 43.5 Å². The molecule has 1 atom stereocenters. The predicted octanol–water partition coefficient (Wildman–Crippen LogP) is 3.92. The van der Waals surface area contributed by atoms with Gasteiger partial charge in [0.2, 0.25) is 5.91 Å². The third-order valence-corrected chi connectivity index (χ3v) is 4.31. The Morgan fingerprint density at radius 2 is 1.95 bits per heavy atom. The number of nitrogens with two attached hydrogens (primary N) is 1. The zero-order valence-corrected chi connectivity index (χ0v) is 15.3. The van der Waals surface area contributed by atoms with Crippen LogP contribution in [0.4, 0.5) is 5.69 Å². The van der Waals surface area contributed by atoms with Crippen LogP contribution in [0.15, 0.2) is 21.1 Å². The standard InChI is InChI=1S/C14H20Br2N2O2/c1-14(2,3)12(17)7-13(19)18-10-6-11(20-4)9(16)5-8(10)15/h5-6,12H,7,17H2,1-4H3,(H,18,19). The normalized spacial score (nSPS) is 12.9. The van der Waals surface area contributed by atoms with Crippen LogP contribution in [0, 0.1) is 5.41 Å². The van der Waals surface area contributed by atoms with Gasteiger partial charge in [0.15, 0.2) is 0 Å². The molecule has 0 aromatic heterocycles. The van der Waals surface area contributed by atoms with Crippen LogP contribution in [-0.4, -0.2) is 19.1 Å². The molecular formula is C14H20Br2N2O2. The summed E-state index contributed by atoms with van der Waals surface area (Å²) in [5, 5.41) is 2.85. The van der Waals surface area contributed by atoms with Gasteiger partial charge in [-0.05, 0) is 43.3 Å². The Bertz CT molecular complexity index is 499. The molecule has 3 N–H and O–H groups in total. The molecule has 20 heavy (non-hydrogen) atoms. The Hall–Kier alpha value is -0.590. The molecule has 1 aromatic rings. The summed E-state index contributed by atoms with van der Waals surface area (Å²) in [7, 11) is 1.58. The van der Waals surface area contributed by atoms with Crippen LogP contribution in [0.25, 0.3) is 0 Å². The Morgan fingerprint density at radius 1 is 1.35 bits per heavy atom. The fourth-order valence-corrected chi connectivity index (χ4v) is 2.74. The molecule has 1 amide bonds. The van der Waals surface area contributed by atoms with Gasteiger partial charge in [-0.25, -0.2) is 0 Å². The number of benzene rings is 1. The second kappa shape index (κ2) is 6.91. The van der Waals surface area contributed by atoms with Crippen LogP contribution in [0.5, 0.6) is 5.75 Å². The summed E-state index contributed by atoms with van der Waals surface area (Å²) in [6.07, 6.45) is 0.272. The first kappa shape index (κ1) is 17.5. The lowest BCUT2D eigenvalue weighted by Crippen LogP contribution is -2.38. The van der Waals surface area contributed by atoms with Crippen LogP contribution in [-0.2, 0) is 4.79 Å². The zero-order valence-electron chi connectivity index (χ0n) is 12.1. The van der Waals surface area contributed by atoms with Gasteiger partial charge < -0.3 is 15.8 Å². The average Bonchev–Trinajstić information content (AvgIpc) is 2.31. The highest BCUT2D eigenvalue weighted by Gasteiger charge is 2.23. The molecule has 1 aromatic carbocycles. The minimum atomic E-state index is -0.196. The number of methoxy groups -OCH3 is 1. The van der Waals surface area contributed by atoms with Crippen LogP contribution in [0.3, 0.4) is 0 Å². The van der Waals surface area contributed by atoms with Crippen molar-refractivity contribution in [3.05, 3.63) is 21.1 Å². The van der Waals surface area contributed by atoms with E-state index >= 15 is 0 Å². The smallest absolute Gasteiger partial charge is 0.225 e. The van der Waals surface area contributed by atoms with Gasteiger partial charge in [-0.2, -0.15) is 0 Å². The maximum absolute atomic E-state index is 12.0. The van der Waals surface area contributed by atoms with Crippen molar-refractivity contribution in [2.45, 2.75) is 33.2 Å². The van der Waals surface area contributed by atoms with Gasteiger partial charge in [-0.3, -0.25) is 4.79 Å². The van der Waals surface area contributed by atoms with Crippen molar-refractivity contribution in [2.24, 2.45) is 11.1 Å². The molecule has 0 aliphatic heterocycles. The van der Waals surface area contributed by atoms with E-state index in [0.29, 0.717) is 11.4 Å². The first-order chi connectivity index (χ1) is 9.15.